The normalized spacial score (nSPS) is 10.9. The van der Waals surface area contributed by atoms with Gasteiger partial charge in [-0.05, 0) is 18.7 Å². The highest BCUT2D eigenvalue weighted by atomic mass is 14.6. The van der Waals surface area contributed by atoms with E-state index in [2.05, 4.69) is 25.2 Å². The lowest BCUT2D eigenvalue weighted by Crippen LogP contribution is -1.68. The smallest absolute Gasteiger partial charge is 0.0292 e. The largest absolute Gasteiger partial charge is 0.272 e. The molecule has 0 aromatic rings. The number of hydrogen-bond acceptors (Lipinski definition) is 1. The fraction of sp³-hybridized carbons (Fsp3) is 0.286. The van der Waals surface area contributed by atoms with Gasteiger partial charge in [-0.1, -0.05) is 19.6 Å². The Morgan fingerprint density at radius 2 is 2.38 bits per heavy atom. The van der Waals surface area contributed by atoms with Crippen molar-refractivity contribution in [1.82, 2.24) is 0 Å². The van der Waals surface area contributed by atoms with Crippen molar-refractivity contribution in [3.05, 3.63) is 24.4 Å². The minimum atomic E-state index is 0.975. The lowest BCUT2D eigenvalue weighted by Gasteiger charge is -1.88. The fourth-order valence-corrected chi connectivity index (χ4v) is 0.406. The first-order valence-electron chi connectivity index (χ1n) is 2.62. The number of rotatable bonds is 3. The summed E-state index contributed by atoms with van der Waals surface area (Å²) in [6.45, 7) is 8.97. The quantitative estimate of drug-likeness (QED) is 0.389. The molecule has 0 heterocycles. The molecule has 0 spiro atoms. The standard InChI is InChI=1S/C7H11N/c1-4-7(5-2)6-8-3/h4,6H,1,3,5H2,2H3/b7-6+. The third-order valence-electron chi connectivity index (χ3n) is 0.928. The highest BCUT2D eigenvalue weighted by Gasteiger charge is 1.80. The fourth-order valence-electron chi connectivity index (χ4n) is 0.406. The predicted molar refractivity (Wildman–Crippen MR) is 38.1 cm³/mol. The summed E-state index contributed by atoms with van der Waals surface area (Å²) in [7, 11) is 0. The maximum Gasteiger partial charge on any atom is 0.0292 e. The van der Waals surface area contributed by atoms with Crippen LogP contribution >= 0.6 is 0 Å². The SMILES string of the molecule is C=C/C(=C\N=C)CC. The van der Waals surface area contributed by atoms with E-state index in [1.807, 2.05) is 0 Å². The van der Waals surface area contributed by atoms with Crippen LogP contribution in [0.15, 0.2) is 29.4 Å². The van der Waals surface area contributed by atoms with Crippen LogP contribution in [0.3, 0.4) is 0 Å². The molecule has 0 bridgehead atoms. The van der Waals surface area contributed by atoms with Gasteiger partial charge < -0.3 is 0 Å². The second-order valence-corrected chi connectivity index (χ2v) is 1.44. The topological polar surface area (TPSA) is 12.4 Å². The summed E-state index contributed by atoms with van der Waals surface area (Å²) in [4.78, 5) is 3.59. The zero-order chi connectivity index (χ0) is 6.41. The van der Waals surface area contributed by atoms with Crippen LogP contribution in [0.25, 0.3) is 0 Å². The summed E-state index contributed by atoms with van der Waals surface area (Å²) < 4.78 is 0. The average Bonchev–Trinajstić information content (AvgIpc) is 1.83. The number of allylic oxidation sites excluding steroid dienone is 2. The van der Waals surface area contributed by atoms with Gasteiger partial charge in [-0.15, -0.1) is 0 Å². The molecule has 0 saturated carbocycles. The van der Waals surface area contributed by atoms with E-state index in [4.69, 9.17) is 0 Å². The summed E-state index contributed by atoms with van der Waals surface area (Å²) in [5, 5.41) is 0. The van der Waals surface area contributed by atoms with Crippen molar-refractivity contribution in [2.45, 2.75) is 13.3 Å². The number of nitrogens with zero attached hydrogens (tertiary/aromatic N) is 1. The second-order valence-electron chi connectivity index (χ2n) is 1.44. The minimum absolute atomic E-state index is 0.975. The van der Waals surface area contributed by atoms with Crippen LogP contribution in [-0.4, -0.2) is 6.72 Å². The van der Waals surface area contributed by atoms with E-state index in [9.17, 15) is 0 Å². The Bertz CT molecular complexity index is 112. The summed E-state index contributed by atoms with van der Waals surface area (Å²) in [5.74, 6) is 0. The Labute approximate surface area is 50.4 Å². The molecule has 0 aliphatic heterocycles. The molecule has 0 aliphatic rings. The molecule has 0 unspecified atom stereocenters. The maximum atomic E-state index is 3.59. The first-order chi connectivity index (χ1) is 3.85. The van der Waals surface area contributed by atoms with Crippen LogP contribution in [0.5, 0.6) is 0 Å². The zero-order valence-corrected chi connectivity index (χ0v) is 5.22. The summed E-state index contributed by atoms with van der Waals surface area (Å²) in [6, 6.07) is 0. The van der Waals surface area contributed by atoms with E-state index >= 15 is 0 Å². The average molecular weight is 109 g/mol. The van der Waals surface area contributed by atoms with Gasteiger partial charge in [0.05, 0.1) is 0 Å². The Balaban J connectivity index is 3.84. The monoisotopic (exact) mass is 109 g/mol. The van der Waals surface area contributed by atoms with Gasteiger partial charge in [0, 0.05) is 6.20 Å². The van der Waals surface area contributed by atoms with Gasteiger partial charge in [0.25, 0.3) is 0 Å². The van der Waals surface area contributed by atoms with Crippen LogP contribution in [0.4, 0.5) is 0 Å². The molecule has 0 fully saturated rings. The zero-order valence-electron chi connectivity index (χ0n) is 5.22. The van der Waals surface area contributed by atoms with Crippen molar-refractivity contribution in [3.8, 4) is 0 Å². The minimum Gasteiger partial charge on any atom is -0.272 e. The van der Waals surface area contributed by atoms with E-state index in [0.29, 0.717) is 0 Å². The van der Waals surface area contributed by atoms with E-state index in [1.54, 1.807) is 12.3 Å². The first kappa shape index (κ1) is 7.15. The Morgan fingerprint density at radius 1 is 1.75 bits per heavy atom. The van der Waals surface area contributed by atoms with E-state index < -0.39 is 0 Å². The second kappa shape index (κ2) is 4.31. The Morgan fingerprint density at radius 3 is 2.50 bits per heavy atom. The predicted octanol–water partition coefficient (Wildman–Crippen LogP) is 2.17. The molecule has 0 radical (unpaired) electrons. The molecule has 0 atom stereocenters. The molecule has 0 aromatic carbocycles. The molecular weight excluding hydrogens is 98.1 g/mol. The van der Waals surface area contributed by atoms with E-state index in [0.717, 1.165) is 12.0 Å². The molecule has 1 nitrogen and oxygen atoms in total. The highest BCUT2D eigenvalue weighted by Crippen LogP contribution is 1.99. The molecule has 0 saturated heterocycles. The molecule has 1 heteroatoms. The lowest BCUT2D eigenvalue weighted by atomic mass is 10.2. The molecular formula is C7H11N. The molecule has 0 amide bonds. The van der Waals surface area contributed by atoms with Crippen molar-refractivity contribution in [2.75, 3.05) is 0 Å². The summed E-state index contributed by atoms with van der Waals surface area (Å²) in [6.07, 6.45) is 4.48. The number of hydrogen-bond donors (Lipinski definition) is 0. The van der Waals surface area contributed by atoms with Crippen LogP contribution in [0, 0.1) is 0 Å². The number of aliphatic imine (C=N–C) groups is 1. The molecule has 44 valence electrons. The molecule has 0 rings (SSSR count). The third-order valence-corrected chi connectivity index (χ3v) is 0.928. The molecule has 0 aliphatic carbocycles. The van der Waals surface area contributed by atoms with Crippen molar-refractivity contribution in [2.24, 2.45) is 4.99 Å². The van der Waals surface area contributed by atoms with Crippen molar-refractivity contribution in [1.29, 1.82) is 0 Å². The molecule has 8 heavy (non-hydrogen) atoms. The first-order valence-corrected chi connectivity index (χ1v) is 2.62. The van der Waals surface area contributed by atoms with Gasteiger partial charge >= 0.3 is 0 Å². The van der Waals surface area contributed by atoms with Gasteiger partial charge in [0.15, 0.2) is 0 Å². The Kier molecular flexibility index (Phi) is 3.85. The van der Waals surface area contributed by atoms with Crippen molar-refractivity contribution < 1.29 is 0 Å². The molecule has 0 aromatic heterocycles. The van der Waals surface area contributed by atoms with Gasteiger partial charge in [0.1, 0.15) is 0 Å². The summed E-state index contributed by atoms with van der Waals surface area (Å²) >= 11 is 0. The van der Waals surface area contributed by atoms with Crippen LogP contribution in [0.2, 0.25) is 0 Å². The lowest BCUT2D eigenvalue weighted by molar-refractivity contribution is 1.14. The highest BCUT2D eigenvalue weighted by molar-refractivity contribution is 5.28. The summed E-state index contributed by atoms with van der Waals surface area (Å²) in [5.41, 5.74) is 1.13. The maximum absolute atomic E-state index is 3.59. The van der Waals surface area contributed by atoms with Crippen LogP contribution in [-0.2, 0) is 0 Å². The van der Waals surface area contributed by atoms with Crippen molar-refractivity contribution in [3.63, 3.8) is 0 Å². The van der Waals surface area contributed by atoms with Crippen LogP contribution in [0.1, 0.15) is 13.3 Å². The Hall–Kier alpha value is -0.850. The van der Waals surface area contributed by atoms with Crippen molar-refractivity contribution >= 4 is 6.72 Å². The van der Waals surface area contributed by atoms with E-state index in [-0.39, 0.29) is 0 Å². The molecule has 0 N–H and O–H groups in total. The van der Waals surface area contributed by atoms with Gasteiger partial charge in [-0.2, -0.15) is 0 Å². The van der Waals surface area contributed by atoms with Crippen LogP contribution < -0.4 is 0 Å². The third kappa shape index (κ3) is 2.35. The van der Waals surface area contributed by atoms with Gasteiger partial charge in [0.2, 0.25) is 0 Å². The van der Waals surface area contributed by atoms with Gasteiger partial charge in [-0.3, -0.25) is 4.99 Å². The van der Waals surface area contributed by atoms with Gasteiger partial charge in [-0.25, -0.2) is 0 Å². The van der Waals surface area contributed by atoms with E-state index in [1.165, 1.54) is 0 Å².